The summed E-state index contributed by atoms with van der Waals surface area (Å²) in [6, 6.07) is 2.07. The number of ether oxygens (including phenoxy) is 1. The van der Waals surface area contributed by atoms with Gasteiger partial charge in [-0.05, 0) is 47.1 Å². The second kappa shape index (κ2) is 9.90. The molecule has 0 radical (unpaired) electrons. The second-order valence-corrected chi connectivity index (χ2v) is 6.86. The summed E-state index contributed by atoms with van der Waals surface area (Å²) in [5.41, 5.74) is 1.73. The Morgan fingerprint density at radius 1 is 1.20 bits per heavy atom. The number of amides is 1. The van der Waals surface area contributed by atoms with Crippen molar-refractivity contribution < 1.29 is 9.53 Å². The molecule has 3 N–H and O–H groups in total. The number of rotatable bonds is 7. The first-order valence-corrected chi connectivity index (χ1v) is 8.63. The van der Waals surface area contributed by atoms with Gasteiger partial charge in [0.25, 0.3) is 0 Å². The fourth-order valence-electron chi connectivity index (χ4n) is 2.22. The number of hydrogen-bond acceptors (Lipinski definition) is 4. The van der Waals surface area contributed by atoms with Crippen LogP contribution in [0.2, 0.25) is 0 Å². The zero-order chi connectivity index (χ0) is 18.9. The zero-order valence-corrected chi connectivity index (χ0v) is 16.3. The molecule has 0 atom stereocenters. The Balaban J connectivity index is 2.16. The van der Waals surface area contributed by atoms with Crippen molar-refractivity contribution >= 4 is 12.1 Å². The topological polar surface area (TPSA) is 92.6 Å². The predicted molar refractivity (Wildman–Crippen MR) is 99.9 cm³/mol. The van der Waals surface area contributed by atoms with Crippen LogP contribution in [0, 0.1) is 13.8 Å². The maximum absolute atomic E-state index is 11.5. The second-order valence-electron chi connectivity index (χ2n) is 6.86. The van der Waals surface area contributed by atoms with Crippen molar-refractivity contribution in [1.82, 2.24) is 25.7 Å². The number of carbonyl (C=O) groups excluding carboxylic acids is 1. The van der Waals surface area contributed by atoms with E-state index in [2.05, 4.69) is 39.0 Å². The fourth-order valence-corrected chi connectivity index (χ4v) is 2.22. The third-order valence-electron chi connectivity index (χ3n) is 3.25. The van der Waals surface area contributed by atoms with E-state index in [4.69, 9.17) is 4.74 Å². The van der Waals surface area contributed by atoms with E-state index in [1.807, 2.05) is 32.4 Å². The van der Waals surface area contributed by atoms with Gasteiger partial charge in [-0.3, -0.25) is 9.67 Å². The molecular weight excluding hydrogens is 320 g/mol. The minimum absolute atomic E-state index is 0.415. The molecule has 25 heavy (non-hydrogen) atoms. The number of nitrogens with one attached hydrogen (secondary N) is 3. The van der Waals surface area contributed by atoms with E-state index in [-0.39, 0.29) is 0 Å². The highest BCUT2D eigenvalue weighted by Gasteiger charge is 2.15. The molecule has 0 saturated carbocycles. The molecule has 8 nitrogen and oxygen atoms in total. The Bertz CT molecular complexity index is 574. The molecule has 1 heterocycles. The highest BCUT2D eigenvalue weighted by Crippen LogP contribution is 2.06. The maximum atomic E-state index is 11.5. The molecule has 1 aromatic rings. The number of carbonyl (C=O) groups is 1. The number of alkyl carbamates (subject to hydrolysis) is 1. The Morgan fingerprint density at radius 3 is 2.40 bits per heavy atom. The molecule has 0 fully saturated rings. The van der Waals surface area contributed by atoms with Crippen molar-refractivity contribution in [2.45, 2.75) is 53.2 Å². The lowest BCUT2D eigenvalue weighted by molar-refractivity contribution is 0.0529. The lowest BCUT2D eigenvalue weighted by Crippen LogP contribution is -2.42. The Kier molecular flexibility index (Phi) is 8.24. The summed E-state index contributed by atoms with van der Waals surface area (Å²) in [6.45, 7) is 12.2. The molecular formula is C17H32N6O2. The first-order valence-electron chi connectivity index (χ1n) is 8.63. The average molecular weight is 352 g/mol. The Labute approximate surface area is 150 Å². The number of aliphatic imine (C=N–C) groups is 1. The van der Waals surface area contributed by atoms with E-state index in [1.165, 1.54) is 5.69 Å². The van der Waals surface area contributed by atoms with Gasteiger partial charge in [-0.1, -0.05) is 0 Å². The van der Waals surface area contributed by atoms with E-state index in [0.717, 1.165) is 25.2 Å². The van der Waals surface area contributed by atoms with Crippen LogP contribution in [-0.4, -0.2) is 54.1 Å². The molecule has 0 unspecified atom stereocenters. The minimum atomic E-state index is -0.486. The van der Waals surface area contributed by atoms with Crippen LogP contribution in [0.5, 0.6) is 0 Å². The van der Waals surface area contributed by atoms with Gasteiger partial charge in [-0.25, -0.2) is 4.79 Å². The summed E-state index contributed by atoms with van der Waals surface area (Å²) < 4.78 is 7.18. The SMILES string of the molecule is CN=C(NCCCn1nc(C)cc1C)NCCNC(=O)OC(C)(C)C. The van der Waals surface area contributed by atoms with E-state index < -0.39 is 11.7 Å². The van der Waals surface area contributed by atoms with Crippen LogP contribution < -0.4 is 16.0 Å². The van der Waals surface area contributed by atoms with Crippen LogP contribution in [-0.2, 0) is 11.3 Å². The minimum Gasteiger partial charge on any atom is -0.444 e. The van der Waals surface area contributed by atoms with Crippen LogP contribution in [0.15, 0.2) is 11.1 Å². The lowest BCUT2D eigenvalue weighted by atomic mass is 10.2. The van der Waals surface area contributed by atoms with Crippen LogP contribution in [0.1, 0.15) is 38.6 Å². The van der Waals surface area contributed by atoms with Gasteiger partial charge in [0.15, 0.2) is 5.96 Å². The van der Waals surface area contributed by atoms with E-state index in [9.17, 15) is 4.79 Å². The van der Waals surface area contributed by atoms with Crippen molar-refractivity contribution in [2.24, 2.45) is 4.99 Å². The molecule has 0 aromatic carbocycles. The summed E-state index contributed by atoms with van der Waals surface area (Å²) in [5, 5.41) is 13.5. The van der Waals surface area contributed by atoms with Crippen molar-refractivity contribution in [3.63, 3.8) is 0 Å². The largest absolute Gasteiger partial charge is 0.444 e. The molecule has 1 amide bonds. The maximum Gasteiger partial charge on any atom is 0.407 e. The van der Waals surface area contributed by atoms with Crippen LogP contribution >= 0.6 is 0 Å². The van der Waals surface area contributed by atoms with Gasteiger partial charge < -0.3 is 20.7 Å². The molecule has 0 aliphatic rings. The molecule has 1 aromatic heterocycles. The number of aromatic nitrogens is 2. The van der Waals surface area contributed by atoms with Crippen LogP contribution in [0.25, 0.3) is 0 Å². The molecule has 8 heteroatoms. The summed E-state index contributed by atoms with van der Waals surface area (Å²) in [5.74, 6) is 0.708. The number of nitrogens with zero attached hydrogens (tertiary/aromatic N) is 3. The van der Waals surface area contributed by atoms with Gasteiger partial charge in [0.05, 0.1) is 5.69 Å². The van der Waals surface area contributed by atoms with Crippen LogP contribution in [0.4, 0.5) is 4.79 Å². The van der Waals surface area contributed by atoms with Crippen molar-refractivity contribution in [3.8, 4) is 0 Å². The van der Waals surface area contributed by atoms with Gasteiger partial charge in [0.1, 0.15) is 5.60 Å². The number of hydrogen-bond donors (Lipinski definition) is 3. The normalized spacial score (nSPS) is 12.0. The predicted octanol–water partition coefficient (Wildman–Crippen LogP) is 1.58. The van der Waals surface area contributed by atoms with Crippen LogP contribution in [0.3, 0.4) is 0 Å². The summed E-state index contributed by atoms with van der Waals surface area (Å²) in [4.78, 5) is 15.7. The lowest BCUT2D eigenvalue weighted by Gasteiger charge is -2.19. The quantitative estimate of drug-likeness (QED) is 0.394. The van der Waals surface area contributed by atoms with E-state index in [1.54, 1.807) is 7.05 Å². The standard InChI is InChI=1S/C17H32N6O2/c1-13-12-14(2)23(22-13)11-7-8-19-15(18-6)20-9-10-21-16(24)25-17(3,4)5/h12H,7-11H2,1-6H3,(H,21,24)(H2,18,19,20). The first kappa shape index (κ1) is 20.8. The highest BCUT2D eigenvalue weighted by molar-refractivity contribution is 5.79. The van der Waals surface area contributed by atoms with Gasteiger partial charge in [0.2, 0.25) is 0 Å². The molecule has 142 valence electrons. The molecule has 0 aliphatic heterocycles. The number of guanidine groups is 1. The molecule has 0 spiro atoms. The highest BCUT2D eigenvalue weighted by atomic mass is 16.6. The summed E-state index contributed by atoms with van der Waals surface area (Å²) >= 11 is 0. The fraction of sp³-hybridized carbons (Fsp3) is 0.706. The Morgan fingerprint density at radius 2 is 1.84 bits per heavy atom. The van der Waals surface area contributed by atoms with Gasteiger partial charge in [-0.15, -0.1) is 0 Å². The third-order valence-corrected chi connectivity index (χ3v) is 3.25. The zero-order valence-electron chi connectivity index (χ0n) is 16.3. The van der Waals surface area contributed by atoms with Crippen molar-refractivity contribution in [3.05, 3.63) is 17.5 Å². The Hall–Kier alpha value is -2.25. The molecule has 0 bridgehead atoms. The van der Waals surface area contributed by atoms with Crippen molar-refractivity contribution in [1.29, 1.82) is 0 Å². The first-order chi connectivity index (χ1) is 11.7. The molecule has 1 rings (SSSR count). The van der Waals surface area contributed by atoms with E-state index in [0.29, 0.717) is 19.0 Å². The van der Waals surface area contributed by atoms with Gasteiger partial charge in [-0.2, -0.15) is 5.10 Å². The summed E-state index contributed by atoms with van der Waals surface area (Å²) in [6.07, 6.45) is 0.529. The van der Waals surface area contributed by atoms with E-state index >= 15 is 0 Å². The van der Waals surface area contributed by atoms with Gasteiger partial charge >= 0.3 is 6.09 Å². The summed E-state index contributed by atoms with van der Waals surface area (Å²) in [7, 11) is 1.72. The molecule has 0 aliphatic carbocycles. The third kappa shape index (κ3) is 8.97. The van der Waals surface area contributed by atoms with Gasteiger partial charge in [0, 0.05) is 38.9 Å². The monoisotopic (exact) mass is 352 g/mol. The number of aryl methyl sites for hydroxylation is 3. The molecule has 0 saturated heterocycles. The smallest absolute Gasteiger partial charge is 0.407 e. The average Bonchev–Trinajstić information content (AvgIpc) is 2.81. The van der Waals surface area contributed by atoms with Crippen molar-refractivity contribution in [2.75, 3.05) is 26.7 Å².